The molecule has 0 spiro atoms. The summed E-state index contributed by atoms with van der Waals surface area (Å²) in [5.74, 6) is 0.749. The van der Waals surface area contributed by atoms with Crippen molar-refractivity contribution in [2.24, 2.45) is 0 Å². The van der Waals surface area contributed by atoms with Crippen molar-refractivity contribution >= 4 is 29.1 Å². The number of benzene rings is 2. The van der Waals surface area contributed by atoms with E-state index in [1.54, 1.807) is 24.5 Å². The number of aromatic nitrogens is 1. The van der Waals surface area contributed by atoms with E-state index in [2.05, 4.69) is 10.3 Å². The van der Waals surface area contributed by atoms with Crippen LogP contribution in [0.15, 0.2) is 67.0 Å². The molecule has 3 rings (SSSR count). The molecule has 0 bridgehead atoms. The lowest BCUT2D eigenvalue weighted by molar-refractivity contribution is -0.121. The summed E-state index contributed by atoms with van der Waals surface area (Å²) in [7, 11) is 0. The summed E-state index contributed by atoms with van der Waals surface area (Å²) in [6.07, 6.45) is 4.45. The molecule has 2 aromatic carbocycles. The van der Waals surface area contributed by atoms with E-state index in [4.69, 9.17) is 27.9 Å². The van der Waals surface area contributed by atoms with Gasteiger partial charge in [0.05, 0.1) is 0 Å². The molecule has 0 aliphatic carbocycles. The van der Waals surface area contributed by atoms with Crippen molar-refractivity contribution in [3.63, 3.8) is 0 Å². The predicted molar refractivity (Wildman–Crippen MR) is 112 cm³/mol. The molecule has 0 atom stereocenters. The first-order chi connectivity index (χ1) is 13.6. The standard InChI is InChI=1S/C22H20Cl2N2O2/c23-19-7-5-18(21(24)12-19)6-10-22(27)26-14-16-3-8-20(9-4-16)28-15-17-2-1-11-25-13-17/h1-5,7-9,11-13H,6,10,14-15H2,(H,26,27). The van der Waals surface area contributed by atoms with Gasteiger partial charge in [-0.15, -0.1) is 0 Å². The molecule has 4 nitrogen and oxygen atoms in total. The van der Waals surface area contributed by atoms with E-state index in [1.165, 1.54) is 0 Å². The maximum absolute atomic E-state index is 12.1. The summed E-state index contributed by atoms with van der Waals surface area (Å²) in [4.78, 5) is 16.1. The quantitative estimate of drug-likeness (QED) is 0.549. The van der Waals surface area contributed by atoms with Gasteiger partial charge in [-0.2, -0.15) is 0 Å². The van der Waals surface area contributed by atoms with E-state index in [0.29, 0.717) is 36.0 Å². The minimum absolute atomic E-state index is 0.0251. The molecule has 1 amide bonds. The molecule has 1 heterocycles. The number of carbonyl (C=O) groups is 1. The van der Waals surface area contributed by atoms with Gasteiger partial charge in [0.1, 0.15) is 12.4 Å². The molecule has 0 fully saturated rings. The van der Waals surface area contributed by atoms with Crippen LogP contribution in [0.1, 0.15) is 23.1 Å². The molecular weight excluding hydrogens is 395 g/mol. The van der Waals surface area contributed by atoms with Gasteiger partial charge in [0, 0.05) is 41.0 Å². The van der Waals surface area contributed by atoms with Crippen molar-refractivity contribution < 1.29 is 9.53 Å². The van der Waals surface area contributed by atoms with Crippen LogP contribution in [0, 0.1) is 0 Å². The fourth-order valence-electron chi connectivity index (χ4n) is 2.62. The normalized spacial score (nSPS) is 10.5. The van der Waals surface area contributed by atoms with Crippen LogP contribution < -0.4 is 10.1 Å². The van der Waals surface area contributed by atoms with Gasteiger partial charge < -0.3 is 10.1 Å². The van der Waals surface area contributed by atoms with Crippen LogP contribution in [0.25, 0.3) is 0 Å². The number of nitrogens with one attached hydrogen (secondary N) is 1. The number of carbonyl (C=O) groups excluding carboxylic acids is 1. The highest BCUT2D eigenvalue weighted by atomic mass is 35.5. The Morgan fingerprint density at radius 2 is 1.86 bits per heavy atom. The third kappa shape index (κ3) is 6.25. The fraction of sp³-hybridized carbons (Fsp3) is 0.182. The van der Waals surface area contributed by atoms with Crippen molar-refractivity contribution in [1.29, 1.82) is 0 Å². The zero-order valence-corrected chi connectivity index (χ0v) is 16.7. The smallest absolute Gasteiger partial charge is 0.220 e. The molecule has 1 aromatic heterocycles. The number of amides is 1. The first-order valence-corrected chi connectivity index (χ1v) is 9.67. The Hall–Kier alpha value is -2.56. The number of hydrogen-bond acceptors (Lipinski definition) is 3. The Kier molecular flexibility index (Phi) is 7.29. The topological polar surface area (TPSA) is 51.2 Å². The largest absolute Gasteiger partial charge is 0.489 e. The number of rotatable bonds is 8. The second-order valence-corrected chi connectivity index (χ2v) is 7.15. The molecule has 0 radical (unpaired) electrons. The molecule has 0 saturated carbocycles. The van der Waals surface area contributed by atoms with Gasteiger partial charge >= 0.3 is 0 Å². The monoisotopic (exact) mass is 414 g/mol. The first-order valence-electron chi connectivity index (χ1n) is 8.91. The van der Waals surface area contributed by atoms with Crippen LogP contribution in [0.2, 0.25) is 10.0 Å². The highest BCUT2D eigenvalue weighted by molar-refractivity contribution is 6.35. The molecule has 6 heteroatoms. The minimum Gasteiger partial charge on any atom is -0.489 e. The second kappa shape index (κ2) is 10.1. The van der Waals surface area contributed by atoms with Crippen molar-refractivity contribution in [2.45, 2.75) is 26.0 Å². The molecule has 0 saturated heterocycles. The van der Waals surface area contributed by atoms with Crippen molar-refractivity contribution in [2.75, 3.05) is 0 Å². The number of hydrogen-bond donors (Lipinski definition) is 1. The van der Waals surface area contributed by atoms with Gasteiger partial charge in [-0.1, -0.05) is 47.5 Å². The summed E-state index contributed by atoms with van der Waals surface area (Å²) in [5, 5.41) is 4.09. The molecule has 28 heavy (non-hydrogen) atoms. The molecule has 0 aliphatic heterocycles. The SMILES string of the molecule is O=C(CCc1ccc(Cl)cc1Cl)NCc1ccc(OCc2cccnc2)cc1. The Morgan fingerprint density at radius 1 is 1.04 bits per heavy atom. The van der Waals surface area contributed by atoms with Gasteiger partial charge in [-0.25, -0.2) is 0 Å². The van der Waals surface area contributed by atoms with E-state index >= 15 is 0 Å². The van der Waals surface area contributed by atoms with E-state index in [1.807, 2.05) is 42.5 Å². The maximum atomic E-state index is 12.1. The van der Waals surface area contributed by atoms with E-state index in [0.717, 1.165) is 22.4 Å². The minimum atomic E-state index is -0.0251. The molecule has 0 aliphatic rings. The maximum Gasteiger partial charge on any atom is 0.220 e. The Labute approximate surface area is 174 Å². The number of ether oxygens (including phenoxy) is 1. The zero-order chi connectivity index (χ0) is 19.8. The van der Waals surface area contributed by atoms with Gasteiger partial charge in [0.15, 0.2) is 0 Å². The lowest BCUT2D eigenvalue weighted by atomic mass is 10.1. The summed E-state index contributed by atoms with van der Waals surface area (Å²) in [5.41, 5.74) is 2.93. The third-order valence-corrected chi connectivity index (χ3v) is 4.76. The number of nitrogens with zero attached hydrogens (tertiary/aromatic N) is 1. The molecule has 144 valence electrons. The summed E-state index contributed by atoms with van der Waals surface area (Å²) in [6.45, 7) is 0.938. The van der Waals surface area contributed by atoms with Crippen LogP contribution in [-0.2, 0) is 24.4 Å². The highest BCUT2D eigenvalue weighted by Crippen LogP contribution is 2.22. The van der Waals surface area contributed by atoms with Crippen molar-refractivity contribution in [3.8, 4) is 5.75 Å². The van der Waals surface area contributed by atoms with Gasteiger partial charge in [-0.3, -0.25) is 9.78 Å². The average molecular weight is 415 g/mol. The van der Waals surface area contributed by atoms with Crippen LogP contribution >= 0.6 is 23.2 Å². The first kappa shape index (κ1) is 20.2. The number of aryl methyl sites for hydroxylation is 1. The summed E-state index contributed by atoms with van der Waals surface area (Å²) < 4.78 is 5.73. The van der Waals surface area contributed by atoms with Crippen LogP contribution in [0.5, 0.6) is 5.75 Å². The van der Waals surface area contributed by atoms with Gasteiger partial charge in [0.25, 0.3) is 0 Å². The third-order valence-electron chi connectivity index (χ3n) is 4.18. The lowest BCUT2D eigenvalue weighted by Gasteiger charge is -2.09. The molecule has 3 aromatic rings. The fourth-order valence-corrected chi connectivity index (χ4v) is 3.12. The highest BCUT2D eigenvalue weighted by Gasteiger charge is 2.06. The van der Waals surface area contributed by atoms with E-state index < -0.39 is 0 Å². The zero-order valence-electron chi connectivity index (χ0n) is 15.2. The number of halogens is 2. The molecule has 0 unspecified atom stereocenters. The number of pyridine rings is 1. The van der Waals surface area contributed by atoms with Crippen molar-refractivity contribution in [3.05, 3.63) is 93.7 Å². The second-order valence-electron chi connectivity index (χ2n) is 6.31. The van der Waals surface area contributed by atoms with E-state index in [9.17, 15) is 4.79 Å². The Bertz CT molecular complexity index is 916. The van der Waals surface area contributed by atoms with Crippen LogP contribution in [0.3, 0.4) is 0 Å². The Balaban J connectivity index is 1.42. The molecular formula is C22H20Cl2N2O2. The van der Waals surface area contributed by atoms with Gasteiger partial charge in [0.2, 0.25) is 5.91 Å². The van der Waals surface area contributed by atoms with Crippen LogP contribution in [0.4, 0.5) is 0 Å². The summed E-state index contributed by atoms with van der Waals surface area (Å²) >= 11 is 12.0. The van der Waals surface area contributed by atoms with Crippen LogP contribution in [-0.4, -0.2) is 10.9 Å². The predicted octanol–water partition coefficient (Wildman–Crippen LogP) is 5.22. The Morgan fingerprint density at radius 3 is 2.57 bits per heavy atom. The average Bonchev–Trinajstić information content (AvgIpc) is 2.71. The van der Waals surface area contributed by atoms with E-state index in [-0.39, 0.29) is 5.91 Å². The molecule has 1 N–H and O–H groups in total. The van der Waals surface area contributed by atoms with Crippen molar-refractivity contribution in [1.82, 2.24) is 10.3 Å². The summed E-state index contributed by atoms with van der Waals surface area (Å²) in [6, 6.07) is 16.8. The lowest BCUT2D eigenvalue weighted by Crippen LogP contribution is -2.23. The van der Waals surface area contributed by atoms with Gasteiger partial charge in [-0.05, 0) is 47.9 Å².